The smallest absolute Gasteiger partial charge is 0.0462 e. The van der Waals surface area contributed by atoms with Gasteiger partial charge in [0.1, 0.15) is 0 Å². The van der Waals surface area contributed by atoms with Gasteiger partial charge in [0.2, 0.25) is 0 Å². The van der Waals surface area contributed by atoms with Gasteiger partial charge in [0.05, 0.1) is 0 Å². The van der Waals surface area contributed by atoms with Crippen LogP contribution in [0.1, 0.15) is 34.1 Å². The number of hydrogen-bond acceptors (Lipinski definition) is 1. The molecule has 0 saturated carbocycles. The van der Waals surface area contributed by atoms with Crippen molar-refractivity contribution in [1.82, 2.24) is 0 Å². The summed E-state index contributed by atoms with van der Waals surface area (Å²) in [7, 11) is 0. The van der Waals surface area contributed by atoms with E-state index in [0.717, 1.165) is 0 Å². The van der Waals surface area contributed by atoms with Crippen LogP contribution in [0.15, 0.2) is 0 Å². The van der Waals surface area contributed by atoms with Crippen molar-refractivity contribution in [2.45, 2.75) is 34.1 Å². The fourth-order valence-electron chi connectivity index (χ4n) is 0. The minimum Gasteiger partial charge on any atom is -0.202 e. The van der Waals surface area contributed by atoms with Crippen LogP contribution in [-0.2, 0) is 0 Å². The largest absolute Gasteiger partial charge is 0.202 e. The molecule has 0 aliphatic rings. The first-order chi connectivity index (χ1) is 3.56. The molecule has 0 heterocycles. The average molecular weight is 113 g/mol. The van der Waals surface area contributed by atoms with Gasteiger partial charge in [-0.2, -0.15) is 0 Å². The normalized spacial score (nSPS) is 9.25. The molecule has 0 saturated heterocycles. The van der Waals surface area contributed by atoms with Crippen molar-refractivity contribution in [2.75, 3.05) is 0 Å². The molecule has 0 atom stereocenters. The van der Waals surface area contributed by atoms with Crippen molar-refractivity contribution in [2.24, 2.45) is 5.41 Å². The van der Waals surface area contributed by atoms with Crippen molar-refractivity contribution in [3.8, 4) is 6.57 Å². The second-order valence-corrected chi connectivity index (χ2v) is 2.91. The van der Waals surface area contributed by atoms with Gasteiger partial charge in [0, 0.05) is 6.57 Å². The predicted octanol–water partition coefficient (Wildman–Crippen LogP) is 2.58. The first kappa shape index (κ1) is 10.5. The molecule has 0 aromatic rings. The van der Waals surface area contributed by atoms with E-state index in [4.69, 9.17) is 5.26 Å². The molecule has 0 aliphatic heterocycles. The van der Waals surface area contributed by atoms with Gasteiger partial charge in [-0.25, -0.2) is 5.26 Å². The first-order valence-electron chi connectivity index (χ1n) is 2.82. The summed E-state index contributed by atoms with van der Waals surface area (Å²) in [6.07, 6.45) is 1.27. The zero-order valence-electron chi connectivity index (χ0n) is 6.23. The Labute approximate surface area is 52.3 Å². The molecular weight excluding hydrogens is 98.1 g/mol. The van der Waals surface area contributed by atoms with Gasteiger partial charge < -0.3 is 0 Å². The highest BCUT2D eigenvalue weighted by Crippen LogP contribution is 2.16. The lowest BCUT2D eigenvalue weighted by Gasteiger charge is -2.12. The van der Waals surface area contributed by atoms with Crippen molar-refractivity contribution in [3.63, 3.8) is 0 Å². The van der Waals surface area contributed by atoms with Crippen molar-refractivity contribution < 1.29 is 0 Å². The van der Waals surface area contributed by atoms with Gasteiger partial charge in [-0.3, -0.25) is 0 Å². The third-order valence-electron chi connectivity index (χ3n) is 1.06. The molecule has 1 nitrogen and oxygen atoms in total. The molecule has 8 heavy (non-hydrogen) atoms. The standard InChI is InChI=1S/C6H14.CHN/c1-5-6(2,3)4;1-2/h5H2,1-4H3;1H. The summed E-state index contributed by atoms with van der Waals surface area (Å²) in [6.45, 7) is 12.4. The Hall–Kier alpha value is -0.510. The molecule has 48 valence electrons. The third-order valence-corrected chi connectivity index (χ3v) is 1.06. The fraction of sp³-hybridized carbons (Fsp3) is 0.857. The zero-order valence-corrected chi connectivity index (χ0v) is 6.23. The van der Waals surface area contributed by atoms with E-state index in [9.17, 15) is 0 Å². The van der Waals surface area contributed by atoms with E-state index in [0.29, 0.717) is 5.41 Å². The number of hydrogen-bond donors (Lipinski definition) is 0. The maximum absolute atomic E-state index is 6.50. The van der Waals surface area contributed by atoms with Gasteiger partial charge in [-0.15, -0.1) is 0 Å². The summed E-state index contributed by atoms with van der Waals surface area (Å²) in [5, 5.41) is 6.50. The summed E-state index contributed by atoms with van der Waals surface area (Å²) in [5.41, 5.74) is 0.542. The predicted molar refractivity (Wildman–Crippen MR) is 36.4 cm³/mol. The zero-order chi connectivity index (χ0) is 7.21. The maximum atomic E-state index is 6.50. The second kappa shape index (κ2) is 4.64. The van der Waals surface area contributed by atoms with Gasteiger partial charge in [0.15, 0.2) is 0 Å². The van der Waals surface area contributed by atoms with Gasteiger partial charge in [-0.1, -0.05) is 34.1 Å². The summed E-state index contributed by atoms with van der Waals surface area (Å²) in [6, 6.07) is 0. The monoisotopic (exact) mass is 113 g/mol. The SMILES string of the molecule is C#N.CCC(C)(C)C. The molecule has 0 aliphatic carbocycles. The van der Waals surface area contributed by atoms with E-state index in [1.54, 1.807) is 0 Å². The van der Waals surface area contributed by atoms with Crippen LogP contribution in [0.25, 0.3) is 0 Å². The highest BCUT2D eigenvalue weighted by atomic mass is 14.2. The molecule has 0 bridgehead atoms. The van der Waals surface area contributed by atoms with Crippen LogP contribution in [0.5, 0.6) is 0 Å². The van der Waals surface area contributed by atoms with E-state index in [2.05, 4.69) is 34.3 Å². The molecule has 0 aromatic carbocycles. The Morgan fingerprint density at radius 3 is 1.38 bits per heavy atom. The number of nitriles is 1. The summed E-state index contributed by atoms with van der Waals surface area (Å²) >= 11 is 0. The van der Waals surface area contributed by atoms with Crippen LogP contribution in [0.2, 0.25) is 0 Å². The Kier molecular flexibility index (Phi) is 6.08. The van der Waals surface area contributed by atoms with E-state index < -0.39 is 0 Å². The van der Waals surface area contributed by atoms with Crippen molar-refractivity contribution >= 4 is 0 Å². The molecule has 0 radical (unpaired) electrons. The van der Waals surface area contributed by atoms with Gasteiger partial charge >= 0.3 is 0 Å². The van der Waals surface area contributed by atoms with Crippen molar-refractivity contribution in [1.29, 1.82) is 5.26 Å². The molecule has 0 aromatic heterocycles. The van der Waals surface area contributed by atoms with Crippen molar-refractivity contribution in [3.05, 3.63) is 0 Å². The lowest BCUT2D eigenvalue weighted by atomic mass is 9.94. The minimum atomic E-state index is 0.542. The molecular formula is C7H15N. The summed E-state index contributed by atoms with van der Waals surface area (Å²) < 4.78 is 0. The first-order valence-corrected chi connectivity index (χ1v) is 2.82. The molecule has 0 unspecified atom stereocenters. The van der Waals surface area contributed by atoms with Crippen LogP contribution < -0.4 is 0 Å². The lowest BCUT2D eigenvalue weighted by molar-refractivity contribution is 0.398. The van der Waals surface area contributed by atoms with Crippen LogP contribution in [-0.4, -0.2) is 0 Å². The number of nitrogens with zero attached hydrogens (tertiary/aromatic N) is 1. The average Bonchev–Trinajstić information content (AvgIpc) is 1.71. The Morgan fingerprint density at radius 2 is 1.38 bits per heavy atom. The Morgan fingerprint density at radius 1 is 1.25 bits per heavy atom. The highest BCUT2D eigenvalue weighted by Gasteiger charge is 2.03. The van der Waals surface area contributed by atoms with Gasteiger partial charge in [-0.05, 0) is 5.41 Å². The summed E-state index contributed by atoms with van der Waals surface area (Å²) in [4.78, 5) is 0. The molecule has 0 fully saturated rings. The second-order valence-electron chi connectivity index (χ2n) is 2.91. The van der Waals surface area contributed by atoms with E-state index in [1.807, 2.05) is 0 Å². The topological polar surface area (TPSA) is 23.8 Å². The van der Waals surface area contributed by atoms with Gasteiger partial charge in [0.25, 0.3) is 0 Å². The fourth-order valence-corrected chi connectivity index (χ4v) is 0. The maximum Gasteiger partial charge on any atom is 0.0462 e. The highest BCUT2D eigenvalue weighted by molar-refractivity contribution is 4.55. The summed E-state index contributed by atoms with van der Waals surface area (Å²) in [5.74, 6) is 0. The van der Waals surface area contributed by atoms with E-state index >= 15 is 0 Å². The quantitative estimate of drug-likeness (QED) is 0.473. The third kappa shape index (κ3) is 17.9. The lowest BCUT2D eigenvalue weighted by Crippen LogP contribution is -2.00. The Balaban J connectivity index is 0. The molecule has 1 heteroatoms. The minimum absolute atomic E-state index is 0.542. The van der Waals surface area contributed by atoms with E-state index in [-0.39, 0.29) is 0 Å². The van der Waals surface area contributed by atoms with Crippen LogP contribution in [0.4, 0.5) is 0 Å². The Bertz CT molecular complexity index is 56.5. The molecule has 0 N–H and O–H groups in total. The van der Waals surface area contributed by atoms with Crippen LogP contribution >= 0.6 is 0 Å². The number of rotatable bonds is 0. The van der Waals surface area contributed by atoms with E-state index in [1.165, 1.54) is 6.42 Å². The molecule has 0 amide bonds. The van der Waals surface area contributed by atoms with Crippen LogP contribution in [0, 0.1) is 17.2 Å². The molecule has 0 rings (SSSR count). The molecule has 0 spiro atoms. The van der Waals surface area contributed by atoms with Crippen LogP contribution in [0.3, 0.4) is 0 Å².